The standard InChI is InChI=1S/C22H26N2O2/c1-16-9-10-17(2)20(15-16)24-14-13-23(18(3)22(24)26)21(25)12-11-19-7-5-4-6-8-19/h4-10,15,18H,11-14H2,1-3H3/t18-/m0/s1. The Kier molecular flexibility index (Phi) is 5.40. The number of aryl methyl sites for hydroxylation is 3. The fourth-order valence-corrected chi connectivity index (χ4v) is 3.50. The first-order valence-corrected chi connectivity index (χ1v) is 9.19. The maximum absolute atomic E-state index is 12.9. The Morgan fingerprint density at radius 3 is 2.54 bits per heavy atom. The van der Waals surface area contributed by atoms with Crippen molar-refractivity contribution in [1.29, 1.82) is 0 Å². The van der Waals surface area contributed by atoms with Gasteiger partial charge in [-0.25, -0.2) is 0 Å². The lowest BCUT2D eigenvalue weighted by Crippen LogP contribution is -2.58. The molecule has 0 N–H and O–H groups in total. The molecule has 2 amide bonds. The minimum absolute atomic E-state index is 0.00184. The van der Waals surface area contributed by atoms with E-state index in [2.05, 4.69) is 6.07 Å². The lowest BCUT2D eigenvalue weighted by atomic mass is 10.1. The van der Waals surface area contributed by atoms with Gasteiger partial charge in [0.2, 0.25) is 11.8 Å². The third kappa shape index (κ3) is 3.79. The number of hydrogen-bond donors (Lipinski definition) is 0. The van der Waals surface area contributed by atoms with E-state index in [1.54, 1.807) is 4.90 Å². The van der Waals surface area contributed by atoms with E-state index in [0.717, 1.165) is 22.4 Å². The fourth-order valence-electron chi connectivity index (χ4n) is 3.50. The Balaban J connectivity index is 1.67. The number of hydrogen-bond acceptors (Lipinski definition) is 2. The highest BCUT2D eigenvalue weighted by molar-refractivity contribution is 6.00. The maximum Gasteiger partial charge on any atom is 0.249 e. The van der Waals surface area contributed by atoms with E-state index in [-0.39, 0.29) is 11.8 Å². The number of amides is 2. The second-order valence-corrected chi connectivity index (χ2v) is 7.03. The van der Waals surface area contributed by atoms with Crippen molar-refractivity contribution in [2.45, 2.75) is 39.7 Å². The molecular weight excluding hydrogens is 324 g/mol. The average molecular weight is 350 g/mol. The number of nitrogens with zero attached hydrogens (tertiary/aromatic N) is 2. The number of rotatable bonds is 4. The van der Waals surface area contributed by atoms with E-state index in [9.17, 15) is 9.59 Å². The average Bonchev–Trinajstić information content (AvgIpc) is 2.65. The van der Waals surface area contributed by atoms with E-state index in [1.807, 2.05) is 68.1 Å². The van der Waals surface area contributed by atoms with Crippen LogP contribution in [0.3, 0.4) is 0 Å². The molecule has 1 fully saturated rings. The Bertz CT molecular complexity index is 801. The summed E-state index contributed by atoms with van der Waals surface area (Å²) in [7, 11) is 0. The van der Waals surface area contributed by atoms with Crippen molar-refractivity contribution in [2.75, 3.05) is 18.0 Å². The number of piperazine rings is 1. The first-order chi connectivity index (χ1) is 12.5. The van der Waals surface area contributed by atoms with Gasteiger partial charge in [-0.1, -0.05) is 42.5 Å². The van der Waals surface area contributed by atoms with Crippen LogP contribution in [0.5, 0.6) is 0 Å². The van der Waals surface area contributed by atoms with Gasteiger partial charge in [0.1, 0.15) is 6.04 Å². The molecular formula is C22H26N2O2. The van der Waals surface area contributed by atoms with Crippen LogP contribution in [0.25, 0.3) is 0 Å². The summed E-state index contributed by atoms with van der Waals surface area (Å²) in [5.41, 5.74) is 4.32. The van der Waals surface area contributed by atoms with Gasteiger partial charge in [-0.3, -0.25) is 9.59 Å². The summed E-state index contributed by atoms with van der Waals surface area (Å²) in [5.74, 6) is 0.0494. The van der Waals surface area contributed by atoms with E-state index < -0.39 is 6.04 Å². The molecule has 0 saturated carbocycles. The summed E-state index contributed by atoms with van der Waals surface area (Å²) < 4.78 is 0. The van der Waals surface area contributed by atoms with Crippen molar-refractivity contribution in [3.63, 3.8) is 0 Å². The van der Waals surface area contributed by atoms with Crippen LogP contribution in [0.15, 0.2) is 48.5 Å². The van der Waals surface area contributed by atoms with Gasteiger partial charge in [-0.05, 0) is 49.9 Å². The van der Waals surface area contributed by atoms with Crippen molar-refractivity contribution >= 4 is 17.5 Å². The molecule has 2 aromatic carbocycles. The molecule has 1 aliphatic rings. The molecule has 0 unspecified atom stereocenters. The van der Waals surface area contributed by atoms with Crippen LogP contribution in [0.1, 0.15) is 30.0 Å². The molecule has 0 bridgehead atoms. The van der Waals surface area contributed by atoms with Gasteiger partial charge in [-0.15, -0.1) is 0 Å². The van der Waals surface area contributed by atoms with Gasteiger partial charge >= 0.3 is 0 Å². The molecule has 1 atom stereocenters. The van der Waals surface area contributed by atoms with Gasteiger partial charge in [0.15, 0.2) is 0 Å². The van der Waals surface area contributed by atoms with Crippen LogP contribution >= 0.6 is 0 Å². The monoisotopic (exact) mass is 350 g/mol. The van der Waals surface area contributed by atoms with Crippen LogP contribution in [-0.4, -0.2) is 35.8 Å². The lowest BCUT2D eigenvalue weighted by Gasteiger charge is -2.39. The number of anilines is 1. The van der Waals surface area contributed by atoms with Crippen molar-refractivity contribution in [3.05, 3.63) is 65.2 Å². The van der Waals surface area contributed by atoms with E-state index >= 15 is 0 Å². The molecule has 1 saturated heterocycles. The van der Waals surface area contributed by atoms with Crippen molar-refractivity contribution in [2.24, 2.45) is 0 Å². The van der Waals surface area contributed by atoms with Gasteiger partial charge < -0.3 is 9.80 Å². The van der Waals surface area contributed by atoms with Gasteiger partial charge in [-0.2, -0.15) is 0 Å². The molecule has 4 heteroatoms. The number of carbonyl (C=O) groups excluding carboxylic acids is 2. The molecule has 26 heavy (non-hydrogen) atoms. The zero-order chi connectivity index (χ0) is 18.7. The predicted octanol–water partition coefficient (Wildman–Crippen LogP) is 3.50. The lowest BCUT2D eigenvalue weighted by molar-refractivity contribution is -0.140. The van der Waals surface area contributed by atoms with Crippen molar-refractivity contribution in [3.8, 4) is 0 Å². The fraction of sp³-hybridized carbons (Fsp3) is 0.364. The summed E-state index contributed by atoms with van der Waals surface area (Å²) in [6.45, 7) is 7.00. The topological polar surface area (TPSA) is 40.6 Å². The van der Waals surface area contributed by atoms with E-state index in [0.29, 0.717) is 25.9 Å². The molecule has 1 heterocycles. The SMILES string of the molecule is Cc1ccc(C)c(N2CCN(C(=O)CCc3ccccc3)[C@@H](C)C2=O)c1. The number of benzene rings is 2. The first-order valence-electron chi connectivity index (χ1n) is 9.19. The zero-order valence-corrected chi connectivity index (χ0v) is 15.7. The highest BCUT2D eigenvalue weighted by atomic mass is 16.2. The van der Waals surface area contributed by atoms with Crippen LogP contribution in [0.2, 0.25) is 0 Å². The van der Waals surface area contributed by atoms with Crippen molar-refractivity contribution in [1.82, 2.24) is 4.90 Å². The normalized spacial score (nSPS) is 17.5. The summed E-state index contributed by atoms with van der Waals surface area (Å²) in [6.07, 6.45) is 1.14. The highest BCUT2D eigenvalue weighted by Crippen LogP contribution is 2.25. The van der Waals surface area contributed by atoms with Crippen molar-refractivity contribution < 1.29 is 9.59 Å². The molecule has 2 aromatic rings. The summed E-state index contributed by atoms with van der Waals surface area (Å²) in [5, 5.41) is 0. The second-order valence-electron chi connectivity index (χ2n) is 7.03. The highest BCUT2D eigenvalue weighted by Gasteiger charge is 2.35. The van der Waals surface area contributed by atoms with Crippen LogP contribution < -0.4 is 4.90 Å². The van der Waals surface area contributed by atoms with Gasteiger partial charge in [0.25, 0.3) is 0 Å². The van der Waals surface area contributed by atoms with Crippen LogP contribution in [0.4, 0.5) is 5.69 Å². The third-order valence-electron chi connectivity index (χ3n) is 5.10. The zero-order valence-electron chi connectivity index (χ0n) is 15.7. The molecule has 3 rings (SSSR count). The minimum Gasteiger partial charge on any atom is -0.329 e. The Labute approximate surface area is 155 Å². The maximum atomic E-state index is 12.9. The molecule has 0 aromatic heterocycles. The predicted molar refractivity (Wildman–Crippen MR) is 104 cm³/mol. The smallest absolute Gasteiger partial charge is 0.249 e. The first kappa shape index (κ1) is 18.2. The molecule has 1 aliphatic heterocycles. The third-order valence-corrected chi connectivity index (χ3v) is 5.10. The van der Waals surface area contributed by atoms with E-state index in [4.69, 9.17) is 0 Å². The minimum atomic E-state index is -0.424. The number of carbonyl (C=O) groups is 2. The summed E-state index contributed by atoms with van der Waals surface area (Å²) >= 11 is 0. The summed E-state index contributed by atoms with van der Waals surface area (Å²) in [6, 6.07) is 15.7. The molecule has 4 nitrogen and oxygen atoms in total. The van der Waals surface area contributed by atoms with E-state index in [1.165, 1.54) is 0 Å². The Hall–Kier alpha value is -2.62. The Morgan fingerprint density at radius 1 is 1.08 bits per heavy atom. The summed E-state index contributed by atoms with van der Waals surface area (Å²) in [4.78, 5) is 29.1. The quantitative estimate of drug-likeness (QED) is 0.847. The largest absolute Gasteiger partial charge is 0.329 e. The Morgan fingerprint density at radius 2 is 1.81 bits per heavy atom. The van der Waals surface area contributed by atoms with Gasteiger partial charge in [0.05, 0.1) is 0 Å². The molecule has 0 aliphatic carbocycles. The van der Waals surface area contributed by atoms with Crippen LogP contribution in [0, 0.1) is 13.8 Å². The second kappa shape index (κ2) is 7.73. The van der Waals surface area contributed by atoms with Gasteiger partial charge in [0, 0.05) is 25.2 Å². The molecule has 0 radical (unpaired) electrons. The molecule has 136 valence electrons. The molecule has 0 spiro atoms. The van der Waals surface area contributed by atoms with Crippen LogP contribution in [-0.2, 0) is 16.0 Å².